The highest BCUT2D eigenvalue weighted by atomic mass is 32.2. The molecular weight excluding hydrogens is 328 g/mol. The van der Waals surface area contributed by atoms with Gasteiger partial charge in [0.1, 0.15) is 9.81 Å². The molecule has 0 atom stereocenters. The molecule has 0 radical (unpaired) electrons. The summed E-state index contributed by atoms with van der Waals surface area (Å²) in [4.78, 5) is 38.9. The van der Waals surface area contributed by atoms with Crippen LogP contribution in [-0.4, -0.2) is 31.1 Å². The average Bonchev–Trinajstić information content (AvgIpc) is 3.00. The van der Waals surface area contributed by atoms with Gasteiger partial charge in [0.05, 0.1) is 24.2 Å². The summed E-state index contributed by atoms with van der Waals surface area (Å²) in [6.45, 7) is 0. The van der Waals surface area contributed by atoms with Crippen molar-refractivity contribution in [2.24, 2.45) is 5.18 Å². The highest BCUT2D eigenvalue weighted by Gasteiger charge is 2.34. The molecule has 1 aliphatic rings. The highest BCUT2D eigenvalue weighted by Crippen LogP contribution is 2.52. The molecule has 0 aromatic carbocycles. The Morgan fingerprint density at radius 3 is 2.09 bits per heavy atom. The summed E-state index contributed by atoms with van der Waals surface area (Å²) in [7, 11) is 2.41. The molecule has 0 amide bonds. The largest absolute Gasteiger partial charge is 0.465 e. The second-order valence-corrected chi connectivity index (χ2v) is 6.09. The first-order chi connectivity index (χ1) is 10.6. The Morgan fingerprint density at radius 2 is 1.68 bits per heavy atom. The minimum absolute atomic E-state index is 0.0518. The van der Waals surface area contributed by atoms with Crippen LogP contribution >= 0.6 is 23.5 Å². The molecule has 1 aliphatic heterocycles. The van der Waals surface area contributed by atoms with E-state index in [9.17, 15) is 14.5 Å². The number of nitrogens with zero attached hydrogens (tertiary/aromatic N) is 2. The molecule has 7 nitrogen and oxygen atoms in total. The third-order valence-corrected chi connectivity index (χ3v) is 5.07. The first kappa shape index (κ1) is 16.2. The summed E-state index contributed by atoms with van der Waals surface area (Å²) < 4.78 is 9.65. The van der Waals surface area contributed by atoms with Gasteiger partial charge in [-0.2, -0.15) is 0 Å². The van der Waals surface area contributed by atoms with Crippen LogP contribution in [0.3, 0.4) is 0 Å². The molecule has 9 heteroatoms. The summed E-state index contributed by atoms with van der Waals surface area (Å²) >= 11 is 1.87. The van der Waals surface area contributed by atoms with Crippen molar-refractivity contribution in [1.82, 2.24) is 4.98 Å². The van der Waals surface area contributed by atoms with Crippen molar-refractivity contribution >= 4 is 41.2 Å². The number of nitroso groups, excluding NO2 is 1. The number of rotatable bonds is 4. The van der Waals surface area contributed by atoms with Crippen LogP contribution in [0.25, 0.3) is 5.70 Å². The fourth-order valence-corrected chi connectivity index (χ4v) is 3.99. The maximum atomic E-state index is 11.8. The quantitative estimate of drug-likeness (QED) is 0.610. The van der Waals surface area contributed by atoms with E-state index in [2.05, 4.69) is 19.6 Å². The number of hydrogen-bond acceptors (Lipinski definition) is 9. The maximum Gasteiger partial charge on any atom is 0.346 e. The number of hydrogen-bond donors (Lipinski definition) is 0. The van der Waals surface area contributed by atoms with Crippen molar-refractivity contribution < 1.29 is 19.1 Å². The number of carbonyl (C=O) groups is 2. The highest BCUT2D eigenvalue weighted by molar-refractivity contribution is 8.29. The Kier molecular flexibility index (Phi) is 5.34. The van der Waals surface area contributed by atoms with Gasteiger partial charge >= 0.3 is 11.9 Å². The van der Waals surface area contributed by atoms with E-state index in [0.717, 1.165) is 23.5 Å². The minimum atomic E-state index is -0.681. The standard InChI is InChI=1S/C13H10N2O5S2/c1-19-11(16)9-10(12(17)20-2)22-13(21-9)8(15-18)7-5-3-4-6-14-7/h3-6H,1-2H3. The maximum absolute atomic E-state index is 11.8. The molecule has 2 heterocycles. The summed E-state index contributed by atoms with van der Waals surface area (Å²) in [5, 5.41) is 2.97. The Morgan fingerprint density at radius 1 is 1.09 bits per heavy atom. The third kappa shape index (κ3) is 3.20. The molecule has 0 fully saturated rings. The number of aromatic nitrogens is 1. The van der Waals surface area contributed by atoms with Gasteiger partial charge in [0.25, 0.3) is 0 Å². The molecule has 0 unspecified atom stereocenters. The molecule has 1 aromatic rings. The third-order valence-electron chi connectivity index (χ3n) is 2.53. The van der Waals surface area contributed by atoms with Crippen LogP contribution in [0, 0.1) is 4.91 Å². The smallest absolute Gasteiger partial charge is 0.346 e. The lowest BCUT2D eigenvalue weighted by Gasteiger charge is -2.02. The fourth-order valence-electron chi connectivity index (χ4n) is 1.54. The lowest BCUT2D eigenvalue weighted by Crippen LogP contribution is -2.08. The minimum Gasteiger partial charge on any atom is -0.465 e. The van der Waals surface area contributed by atoms with Crippen LogP contribution in [-0.2, 0) is 19.1 Å². The van der Waals surface area contributed by atoms with E-state index < -0.39 is 11.9 Å². The number of carbonyl (C=O) groups excluding carboxylic acids is 2. The van der Waals surface area contributed by atoms with Gasteiger partial charge in [-0.1, -0.05) is 29.6 Å². The van der Waals surface area contributed by atoms with Gasteiger partial charge in [0.15, 0.2) is 5.70 Å². The zero-order valence-corrected chi connectivity index (χ0v) is 13.2. The molecule has 22 heavy (non-hydrogen) atoms. The van der Waals surface area contributed by atoms with Crippen molar-refractivity contribution in [2.75, 3.05) is 14.2 Å². The van der Waals surface area contributed by atoms with Gasteiger partial charge in [-0.3, -0.25) is 4.98 Å². The Labute approximate surface area is 134 Å². The SMILES string of the molecule is COC(=O)C1=C(C(=O)OC)SC(=C(N=O)c2ccccn2)S1. The summed E-state index contributed by atoms with van der Waals surface area (Å²) in [5.41, 5.74) is 0.402. The number of thioether (sulfide) groups is 2. The van der Waals surface area contributed by atoms with E-state index in [4.69, 9.17) is 0 Å². The van der Waals surface area contributed by atoms with Crippen LogP contribution < -0.4 is 0 Å². The molecular formula is C13H10N2O5S2. The van der Waals surface area contributed by atoms with Crippen molar-refractivity contribution in [3.63, 3.8) is 0 Å². The van der Waals surface area contributed by atoms with Gasteiger partial charge in [0.2, 0.25) is 0 Å². The second-order valence-electron chi connectivity index (χ2n) is 3.79. The van der Waals surface area contributed by atoms with Gasteiger partial charge in [-0.25, -0.2) is 9.59 Å². The first-order valence-corrected chi connectivity index (χ1v) is 7.51. The number of esters is 2. The lowest BCUT2D eigenvalue weighted by molar-refractivity contribution is -0.138. The van der Waals surface area contributed by atoms with Crippen molar-refractivity contribution in [3.05, 3.63) is 49.0 Å². The molecule has 0 bridgehead atoms. The summed E-state index contributed by atoms with van der Waals surface area (Å²) in [5.74, 6) is -1.36. The van der Waals surface area contributed by atoms with Crippen molar-refractivity contribution in [2.45, 2.75) is 0 Å². The number of methoxy groups -OCH3 is 2. The number of ether oxygens (including phenoxy) is 2. The average molecular weight is 338 g/mol. The van der Waals surface area contributed by atoms with Crippen LogP contribution in [0.2, 0.25) is 0 Å². The topological polar surface area (TPSA) is 94.9 Å². The normalized spacial score (nSPS) is 13.8. The van der Waals surface area contributed by atoms with Gasteiger partial charge < -0.3 is 9.47 Å². The summed E-state index contributed by atoms with van der Waals surface area (Å²) in [6, 6.07) is 5.01. The molecule has 2 rings (SSSR count). The van der Waals surface area contributed by atoms with Crippen LogP contribution in [0.1, 0.15) is 5.69 Å². The lowest BCUT2D eigenvalue weighted by atomic mass is 10.3. The van der Waals surface area contributed by atoms with E-state index in [0.29, 0.717) is 9.93 Å². The summed E-state index contributed by atoms with van der Waals surface area (Å²) in [6.07, 6.45) is 1.52. The Balaban J connectivity index is 2.45. The van der Waals surface area contributed by atoms with Crippen molar-refractivity contribution in [3.8, 4) is 0 Å². The Hall–Kier alpha value is -2.13. The predicted molar refractivity (Wildman–Crippen MR) is 83.2 cm³/mol. The van der Waals surface area contributed by atoms with Crippen LogP contribution in [0.4, 0.5) is 0 Å². The zero-order chi connectivity index (χ0) is 16.1. The van der Waals surface area contributed by atoms with E-state index in [1.54, 1.807) is 18.2 Å². The monoisotopic (exact) mass is 338 g/mol. The number of pyridine rings is 1. The molecule has 0 saturated carbocycles. The molecule has 0 saturated heterocycles. The van der Waals surface area contributed by atoms with E-state index in [-0.39, 0.29) is 15.5 Å². The van der Waals surface area contributed by atoms with E-state index in [1.807, 2.05) is 0 Å². The van der Waals surface area contributed by atoms with Crippen molar-refractivity contribution in [1.29, 1.82) is 0 Å². The molecule has 0 aliphatic carbocycles. The zero-order valence-electron chi connectivity index (χ0n) is 11.6. The molecule has 0 spiro atoms. The van der Waals surface area contributed by atoms with Gasteiger partial charge in [-0.05, 0) is 17.3 Å². The Bertz CT molecular complexity index is 655. The van der Waals surface area contributed by atoms with E-state index >= 15 is 0 Å². The second kappa shape index (κ2) is 7.23. The fraction of sp³-hybridized carbons (Fsp3) is 0.154. The molecule has 114 valence electrons. The van der Waals surface area contributed by atoms with Gasteiger partial charge in [0, 0.05) is 6.20 Å². The van der Waals surface area contributed by atoms with E-state index in [1.165, 1.54) is 20.4 Å². The van der Waals surface area contributed by atoms with Crippen LogP contribution in [0.5, 0.6) is 0 Å². The molecule has 0 N–H and O–H groups in total. The molecule has 1 aromatic heterocycles. The first-order valence-electron chi connectivity index (χ1n) is 5.88. The predicted octanol–water partition coefficient (Wildman–Crippen LogP) is 2.51. The van der Waals surface area contributed by atoms with Gasteiger partial charge in [-0.15, -0.1) is 4.91 Å². The van der Waals surface area contributed by atoms with Crippen LogP contribution in [0.15, 0.2) is 43.6 Å².